The highest BCUT2D eigenvalue weighted by Crippen LogP contribution is 2.30. The van der Waals surface area contributed by atoms with Gasteiger partial charge >= 0.3 is 0 Å². The Labute approximate surface area is 176 Å². The predicted molar refractivity (Wildman–Crippen MR) is 122 cm³/mol. The van der Waals surface area contributed by atoms with Gasteiger partial charge in [-0.15, -0.1) is 0 Å². The van der Waals surface area contributed by atoms with Crippen molar-refractivity contribution in [1.82, 2.24) is 15.5 Å². The third kappa shape index (κ3) is 7.31. The molecule has 0 radical (unpaired) electrons. The van der Waals surface area contributed by atoms with E-state index in [-0.39, 0.29) is 5.41 Å². The average molecular weight is 406 g/mol. The Morgan fingerprint density at radius 1 is 1.14 bits per heavy atom. The van der Waals surface area contributed by atoms with Gasteiger partial charge in [-0.25, -0.2) is 0 Å². The van der Waals surface area contributed by atoms with E-state index in [2.05, 4.69) is 65.5 Å². The second kappa shape index (κ2) is 10.6. The van der Waals surface area contributed by atoms with Crippen LogP contribution in [0.3, 0.4) is 0 Å². The number of nitrogens with one attached hydrogen (secondary N) is 2. The lowest BCUT2D eigenvalue weighted by Gasteiger charge is -2.35. The van der Waals surface area contributed by atoms with Crippen LogP contribution < -0.4 is 25.0 Å². The maximum atomic E-state index is 5.41. The van der Waals surface area contributed by atoms with Crippen LogP contribution >= 0.6 is 0 Å². The van der Waals surface area contributed by atoms with E-state index in [4.69, 9.17) is 9.47 Å². The number of guanidine groups is 1. The number of piperidine rings is 1. The Kier molecular flexibility index (Phi) is 8.44. The molecule has 0 aromatic heterocycles. The first-order chi connectivity index (χ1) is 13.8. The zero-order valence-electron chi connectivity index (χ0n) is 19.2. The molecule has 2 N–H and O–H groups in total. The van der Waals surface area contributed by atoms with Crippen LogP contribution in [0.5, 0.6) is 11.5 Å². The van der Waals surface area contributed by atoms with Gasteiger partial charge in [0, 0.05) is 63.2 Å². The molecule has 0 saturated carbocycles. The monoisotopic (exact) mass is 405 g/mol. The number of hydrogen-bond acceptors (Lipinski definition) is 5. The smallest absolute Gasteiger partial charge is 0.191 e. The molecule has 1 aromatic rings. The summed E-state index contributed by atoms with van der Waals surface area (Å²) in [6.45, 7) is 8.42. The van der Waals surface area contributed by atoms with Crippen LogP contribution in [0.15, 0.2) is 23.2 Å². The Bertz CT molecular complexity index is 645. The van der Waals surface area contributed by atoms with Crippen molar-refractivity contribution in [1.29, 1.82) is 0 Å². The number of ether oxygens (including phenoxy) is 2. The maximum absolute atomic E-state index is 5.41. The second-order valence-electron chi connectivity index (χ2n) is 8.80. The summed E-state index contributed by atoms with van der Waals surface area (Å²) < 4.78 is 10.8. The fraction of sp³-hybridized carbons (Fsp3) is 0.682. The average Bonchev–Trinajstić information content (AvgIpc) is 2.70. The summed E-state index contributed by atoms with van der Waals surface area (Å²) >= 11 is 0. The molecule has 0 aliphatic carbocycles. The van der Waals surface area contributed by atoms with Crippen LogP contribution in [-0.2, 0) is 0 Å². The number of nitrogens with zero attached hydrogens (tertiary/aromatic N) is 3. The Hall–Kier alpha value is -2.15. The van der Waals surface area contributed by atoms with Crippen LogP contribution in [0.2, 0.25) is 0 Å². The van der Waals surface area contributed by atoms with E-state index in [1.54, 1.807) is 14.2 Å². The van der Waals surface area contributed by atoms with Gasteiger partial charge < -0.3 is 29.9 Å². The quantitative estimate of drug-likeness (QED) is 0.512. The fourth-order valence-electron chi connectivity index (χ4n) is 3.88. The van der Waals surface area contributed by atoms with Gasteiger partial charge in [0.15, 0.2) is 5.96 Å². The number of benzene rings is 1. The van der Waals surface area contributed by atoms with Crippen molar-refractivity contribution in [2.45, 2.75) is 32.7 Å². The Balaban J connectivity index is 1.87. The Morgan fingerprint density at radius 2 is 1.72 bits per heavy atom. The summed E-state index contributed by atoms with van der Waals surface area (Å²) in [5.41, 5.74) is 1.32. The van der Waals surface area contributed by atoms with E-state index in [9.17, 15) is 0 Å². The number of hydrogen-bond donors (Lipinski definition) is 2. The molecular formula is C22H39N5O2. The molecule has 0 bridgehead atoms. The van der Waals surface area contributed by atoms with Gasteiger partial charge in [0.05, 0.1) is 14.2 Å². The molecule has 1 aromatic carbocycles. The molecule has 7 nitrogen and oxygen atoms in total. The third-order valence-corrected chi connectivity index (χ3v) is 5.24. The van der Waals surface area contributed by atoms with Crippen molar-refractivity contribution in [3.8, 4) is 11.5 Å². The first kappa shape index (κ1) is 23.1. The largest absolute Gasteiger partial charge is 0.497 e. The molecule has 0 spiro atoms. The van der Waals surface area contributed by atoms with Crippen LogP contribution in [0, 0.1) is 5.41 Å². The van der Waals surface area contributed by atoms with Crippen molar-refractivity contribution in [2.75, 3.05) is 66.4 Å². The molecule has 1 fully saturated rings. The normalized spacial score (nSPS) is 16.1. The molecule has 0 atom stereocenters. The van der Waals surface area contributed by atoms with Crippen molar-refractivity contribution < 1.29 is 9.47 Å². The molecule has 1 heterocycles. The van der Waals surface area contributed by atoms with Gasteiger partial charge in [0.2, 0.25) is 0 Å². The van der Waals surface area contributed by atoms with E-state index in [0.717, 1.165) is 62.2 Å². The molecule has 29 heavy (non-hydrogen) atoms. The van der Waals surface area contributed by atoms with E-state index >= 15 is 0 Å². The summed E-state index contributed by atoms with van der Waals surface area (Å²) in [6.07, 6.45) is 2.11. The number of aliphatic imine (C=N–C) groups is 1. The number of methoxy groups -OCH3 is 2. The molecule has 1 aliphatic heterocycles. The zero-order valence-corrected chi connectivity index (χ0v) is 19.2. The van der Waals surface area contributed by atoms with E-state index in [1.165, 1.54) is 0 Å². The molecule has 164 valence electrons. The zero-order chi connectivity index (χ0) is 21.4. The lowest BCUT2D eigenvalue weighted by Crippen LogP contribution is -2.51. The van der Waals surface area contributed by atoms with Crippen LogP contribution in [-0.4, -0.2) is 78.4 Å². The Morgan fingerprint density at radius 3 is 2.21 bits per heavy atom. The van der Waals surface area contributed by atoms with Crippen molar-refractivity contribution >= 4 is 11.6 Å². The van der Waals surface area contributed by atoms with Gasteiger partial charge in [0.25, 0.3) is 0 Å². The minimum Gasteiger partial charge on any atom is -0.497 e. The van der Waals surface area contributed by atoms with Crippen LogP contribution in [0.1, 0.15) is 26.7 Å². The highest BCUT2D eigenvalue weighted by atomic mass is 16.5. The fourth-order valence-corrected chi connectivity index (χ4v) is 3.88. The van der Waals surface area contributed by atoms with E-state index in [0.29, 0.717) is 6.04 Å². The van der Waals surface area contributed by atoms with E-state index in [1.807, 2.05) is 13.1 Å². The van der Waals surface area contributed by atoms with Gasteiger partial charge in [0.1, 0.15) is 11.5 Å². The number of anilines is 1. The molecule has 7 heteroatoms. The van der Waals surface area contributed by atoms with Crippen molar-refractivity contribution in [3.05, 3.63) is 18.2 Å². The highest BCUT2D eigenvalue weighted by molar-refractivity contribution is 5.80. The summed E-state index contributed by atoms with van der Waals surface area (Å²) in [7, 11) is 9.44. The number of rotatable bonds is 8. The summed E-state index contributed by atoms with van der Waals surface area (Å²) in [5.74, 6) is 2.53. The molecule has 2 rings (SSSR count). The van der Waals surface area contributed by atoms with Crippen molar-refractivity contribution in [3.63, 3.8) is 0 Å². The molecular weight excluding hydrogens is 366 g/mol. The summed E-state index contributed by atoms with van der Waals surface area (Å²) in [5, 5.41) is 7.10. The van der Waals surface area contributed by atoms with Gasteiger partial charge in [-0.3, -0.25) is 4.99 Å². The van der Waals surface area contributed by atoms with Gasteiger partial charge in [-0.2, -0.15) is 0 Å². The minimum atomic E-state index is 0.176. The molecule has 0 amide bonds. The van der Waals surface area contributed by atoms with E-state index < -0.39 is 0 Å². The molecule has 0 unspecified atom stereocenters. The third-order valence-electron chi connectivity index (χ3n) is 5.24. The minimum absolute atomic E-state index is 0.176. The lowest BCUT2D eigenvalue weighted by atomic mass is 9.93. The van der Waals surface area contributed by atoms with Crippen LogP contribution in [0.4, 0.5) is 5.69 Å². The molecule has 1 saturated heterocycles. The first-order valence-corrected chi connectivity index (χ1v) is 10.4. The lowest BCUT2D eigenvalue weighted by molar-refractivity contribution is 0.240. The van der Waals surface area contributed by atoms with Gasteiger partial charge in [-0.05, 0) is 32.4 Å². The predicted octanol–water partition coefficient (Wildman–Crippen LogP) is 2.43. The second-order valence-corrected chi connectivity index (χ2v) is 8.80. The van der Waals surface area contributed by atoms with Gasteiger partial charge in [-0.1, -0.05) is 13.8 Å². The SMILES string of the molecule is CN=C(NCC(C)(C)CN(C)C)NC1CCN(c2cc(OC)cc(OC)c2)CC1. The topological polar surface area (TPSA) is 61.4 Å². The molecule has 1 aliphatic rings. The standard InChI is InChI=1S/C22H39N5O2/c1-22(2,16-26(4)5)15-24-21(23-3)25-17-8-10-27(11-9-17)18-12-19(28-6)14-20(13-18)29-7/h12-14,17H,8-11,15-16H2,1-7H3,(H2,23,24,25). The summed E-state index contributed by atoms with van der Waals surface area (Å²) in [6, 6.07) is 6.47. The van der Waals surface area contributed by atoms with Crippen molar-refractivity contribution in [2.24, 2.45) is 10.4 Å². The van der Waals surface area contributed by atoms with Crippen LogP contribution in [0.25, 0.3) is 0 Å². The summed E-state index contributed by atoms with van der Waals surface area (Å²) in [4.78, 5) is 9.03. The maximum Gasteiger partial charge on any atom is 0.191 e. The first-order valence-electron chi connectivity index (χ1n) is 10.4. The highest BCUT2D eigenvalue weighted by Gasteiger charge is 2.23.